The van der Waals surface area contributed by atoms with Gasteiger partial charge in [-0.05, 0) is 50.2 Å². The third-order valence-electron chi connectivity index (χ3n) is 5.09. The highest BCUT2D eigenvalue weighted by Crippen LogP contribution is 2.34. The molecule has 0 unspecified atom stereocenters. The molecule has 0 saturated heterocycles. The second kappa shape index (κ2) is 9.08. The highest BCUT2D eigenvalue weighted by atomic mass is 16.5. The standard InChI is InChI=1S/C20H29N3O4/c1-2-9-27-18-6-4-3-5-17(18)22-20(26)21-15-10-16(11-15)23(13-19(24)25)12-14-7-8-14/h3-6,14-16H,2,7-13H2,1H3,(H,24,25)(H2,21,22,26). The lowest BCUT2D eigenvalue weighted by molar-refractivity contribution is -0.139. The van der Waals surface area contributed by atoms with E-state index in [1.807, 2.05) is 31.2 Å². The number of carboxylic acids is 1. The van der Waals surface area contributed by atoms with Crippen molar-refractivity contribution in [1.29, 1.82) is 0 Å². The van der Waals surface area contributed by atoms with Crippen LogP contribution in [0.3, 0.4) is 0 Å². The minimum Gasteiger partial charge on any atom is -0.491 e. The van der Waals surface area contributed by atoms with E-state index in [1.54, 1.807) is 0 Å². The predicted octanol–water partition coefficient (Wildman–Crippen LogP) is 2.92. The lowest BCUT2D eigenvalue weighted by Gasteiger charge is -2.42. The highest BCUT2D eigenvalue weighted by molar-refractivity contribution is 5.91. The van der Waals surface area contributed by atoms with E-state index in [2.05, 4.69) is 15.5 Å². The first-order valence-corrected chi connectivity index (χ1v) is 9.80. The molecule has 27 heavy (non-hydrogen) atoms. The fraction of sp³-hybridized carbons (Fsp3) is 0.600. The van der Waals surface area contributed by atoms with Crippen LogP contribution >= 0.6 is 0 Å². The van der Waals surface area contributed by atoms with E-state index in [0.717, 1.165) is 25.8 Å². The molecule has 0 aliphatic heterocycles. The van der Waals surface area contributed by atoms with Crippen LogP contribution in [-0.2, 0) is 4.79 Å². The van der Waals surface area contributed by atoms with Gasteiger partial charge in [-0.3, -0.25) is 9.69 Å². The van der Waals surface area contributed by atoms with Crippen LogP contribution in [0.25, 0.3) is 0 Å². The molecule has 148 valence electrons. The number of nitrogens with zero attached hydrogens (tertiary/aromatic N) is 1. The van der Waals surface area contributed by atoms with Crippen LogP contribution < -0.4 is 15.4 Å². The maximum Gasteiger partial charge on any atom is 0.319 e. The predicted molar refractivity (Wildman–Crippen MR) is 103 cm³/mol. The summed E-state index contributed by atoms with van der Waals surface area (Å²) >= 11 is 0. The number of carbonyl (C=O) groups is 2. The van der Waals surface area contributed by atoms with Crippen molar-refractivity contribution in [1.82, 2.24) is 10.2 Å². The van der Waals surface area contributed by atoms with Gasteiger partial charge >= 0.3 is 12.0 Å². The molecule has 0 aromatic heterocycles. The van der Waals surface area contributed by atoms with Gasteiger partial charge in [0.25, 0.3) is 0 Å². The summed E-state index contributed by atoms with van der Waals surface area (Å²) in [5.74, 6) is 0.533. The first kappa shape index (κ1) is 19.5. The molecule has 1 aromatic rings. The van der Waals surface area contributed by atoms with Crippen molar-refractivity contribution in [3.05, 3.63) is 24.3 Å². The van der Waals surface area contributed by atoms with Crippen LogP contribution in [0.5, 0.6) is 5.75 Å². The fourth-order valence-corrected chi connectivity index (χ4v) is 3.40. The molecule has 2 aliphatic carbocycles. The Kier molecular flexibility index (Phi) is 6.55. The SMILES string of the molecule is CCCOc1ccccc1NC(=O)NC1CC(N(CC(=O)O)CC2CC2)C1. The molecule has 2 fully saturated rings. The number of ether oxygens (including phenoxy) is 1. The van der Waals surface area contributed by atoms with E-state index in [1.165, 1.54) is 12.8 Å². The van der Waals surface area contributed by atoms with Gasteiger partial charge in [0.2, 0.25) is 0 Å². The number of rotatable bonds is 10. The smallest absolute Gasteiger partial charge is 0.319 e. The minimum atomic E-state index is -0.784. The van der Waals surface area contributed by atoms with Crippen LogP contribution in [0.2, 0.25) is 0 Å². The zero-order valence-electron chi connectivity index (χ0n) is 15.8. The molecule has 2 aliphatic rings. The molecule has 0 spiro atoms. The van der Waals surface area contributed by atoms with Gasteiger partial charge in [-0.15, -0.1) is 0 Å². The number of anilines is 1. The van der Waals surface area contributed by atoms with Crippen molar-refractivity contribution < 1.29 is 19.4 Å². The van der Waals surface area contributed by atoms with E-state index in [9.17, 15) is 9.59 Å². The van der Waals surface area contributed by atoms with Crippen LogP contribution in [0.15, 0.2) is 24.3 Å². The van der Waals surface area contributed by atoms with Crippen molar-refractivity contribution >= 4 is 17.7 Å². The molecule has 7 heteroatoms. The van der Waals surface area contributed by atoms with Gasteiger partial charge < -0.3 is 20.5 Å². The zero-order chi connectivity index (χ0) is 19.2. The molecular formula is C20H29N3O4. The summed E-state index contributed by atoms with van der Waals surface area (Å²) in [6.45, 7) is 3.58. The van der Waals surface area contributed by atoms with E-state index >= 15 is 0 Å². The summed E-state index contributed by atoms with van der Waals surface area (Å²) in [7, 11) is 0. The number of carboxylic acid groups (broad SMARTS) is 1. The zero-order valence-corrected chi connectivity index (χ0v) is 15.8. The largest absolute Gasteiger partial charge is 0.491 e. The van der Waals surface area contributed by atoms with Gasteiger partial charge in [-0.25, -0.2) is 4.79 Å². The van der Waals surface area contributed by atoms with E-state index in [4.69, 9.17) is 9.84 Å². The Morgan fingerprint density at radius 3 is 2.67 bits per heavy atom. The van der Waals surface area contributed by atoms with Gasteiger partial charge in [0.15, 0.2) is 0 Å². The Morgan fingerprint density at radius 2 is 2.00 bits per heavy atom. The molecular weight excluding hydrogens is 346 g/mol. The average Bonchev–Trinajstić information content (AvgIpc) is 3.40. The topological polar surface area (TPSA) is 90.9 Å². The van der Waals surface area contributed by atoms with Gasteiger partial charge in [0, 0.05) is 18.6 Å². The number of para-hydroxylation sites is 2. The minimum absolute atomic E-state index is 0.0780. The molecule has 3 rings (SSSR count). The summed E-state index contributed by atoms with van der Waals surface area (Å²) in [4.78, 5) is 25.4. The first-order chi connectivity index (χ1) is 13.0. The summed E-state index contributed by atoms with van der Waals surface area (Å²) in [5.41, 5.74) is 0.653. The second-order valence-electron chi connectivity index (χ2n) is 7.53. The Morgan fingerprint density at radius 1 is 1.26 bits per heavy atom. The van der Waals surface area contributed by atoms with E-state index < -0.39 is 5.97 Å². The number of hydrogen-bond acceptors (Lipinski definition) is 4. The molecule has 2 amide bonds. The van der Waals surface area contributed by atoms with Crippen LogP contribution in [0, 0.1) is 5.92 Å². The average molecular weight is 375 g/mol. The van der Waals surface area contributed by atoms with Crippen LogP contribution in [-0.4, -0.2) is 53.8 Å². The van der Waals surface area contributed by atoms with Crippen molar-refractivity contribution in [3.63, 3.8) is 0 Å². The molecule has 0 radical (unpaired) electrons. The van der Waals surface area contributed by atoms with Crippen molar-refractivity contribution in [2.75, 3.05) is 25.0 Å². The third kappa shape index (κ3) is 5.85. The monoisotopic (exact) mass is 375 g/mol. The molecule has 7 nitrogen and oxygen atoms in total. The van der Waals surface area contributed by atoms with Crippen LogP contribution in [0.1, 0.15) is 39.0 Å². The van der Waals surface area contributed by atoms with Crippen molar-refractivity contribution in [2.24, 2.45) is 5.92 Å². The number of urea groups is 1. The summed E-state index contributed by atoms with van der Waals surface area (Å²) in [5, 5.41) is 14.9. The summed E-state index contributed by atoms with van der Waals surface area (Å²) < 4.78 is 5.66. The summed E-state index contributed by atoms with van der Waals surface area (Å²) in [6.07, 6.45) is 4.89. The molecule has 0 heterocycles. The number of hydrogen-bond donors (Lipinski definition) is 3. The van der Waals surface area contributed by atoms with Gasteiger partial charge in [0.05, 0.1) is 18.8 Å². The lowest BCUT2D eigenvalue weighted by atomic mass is 9.85. The van der Waals surface area contributed by atoms with Gasteiger partial charge in [-0.2, -0.15) is 0 Å². The van der Waals surface area contributed by atoms with Gasteiger partial charge in [-0.1, -0.05) is 19.1 Å². The molecule has 2 saturated carbocycles. The quantitative estimate of drug-likeness (QED) is 0.585. The van der Waals surface area contributed by atoms with Crippen LogP contribution in [0.4, 0.5) is 10.5 Å². The Hall–Kier alpha value is -2.28. The van der Waals surface area contributed by atoms with Gasteiger partial charge in [0.1, 0.15) is 5.75 Å². The van der Waals surface area contributed by atoms with Crippen molar-refractivity contribution in [3.8, 4) is 5.75 Å². The number of carbonyl (C=O) groups excluding carboxylic acids is 1. The summed E-state index contributed by atoms with van der Waals surface area (Å²) in [6, 6.07) is 7.46. The molecule has 3 N–H and O–H groups in total. The molecule has 1 aromatic carbocycles. The second-order valence-corrected chi connectivity index (χ2v) is 7.53. The molecule has 0 atom stereocenters. The lowest BCUT2D eigenvalue weighted by Crippen LogP contribution is -2.55. The van der Waals surface area contributed by atoms with E-state index in [0.29, 0.717) is 24.0 Å². The maximum atomic E-state index is 12.3. The molecule has 0 bridgehead atoms. The number of nitrogens with one attached hydrogen (secondary N) is 2. The Balaban J connectivity index is 1.45. The maximum absolute atomic E-state index is 12.3. The van der Waals surface area contributed by atoms with E-state index in [-0.39, 0.29) is 24.7 Å². The first-order valence-electron chi connectivity index (χ1n) is 9.80. The Bertz CT molecular complexity index is 656. The highest BCUT2D eigenvalue weighted by Gasteiger charge is 2.37. The normalized spacial score (nSPS) is 21.4. The Labute approximate surface area is 160 Å². The number of amides is 2. The fourth-order valence-electron chi connectivity index (χ4n) is 3.40. The van der Waals surface area contributed by atoms with Crippen molar-refractivity contribution in [2.45, 2.75) is 51.1 Å². The third-order valence-corrected chi connectivity index (χ3v) is 5.09. The number of aliphatic carboxylic acids is 1. The number of benzene rings is 1.